The lowest BCUT2D eigenvalue weighted by molar-refractivity contribution is -0.118. The van der Waals surface area contributed by atoms with Crippen LogP contribution >= 0.6 is 0 Å². The Bertz CT molecular complexity index is 804. The first-order valence-corrected chi connectivity index (χ1v) is 9.90. The maximum absolute atomic E-state index is 12.3. The minimum absolute atomic E-state index is 0.0167. The average molecular weight is 381 g/mol. The molecule has 1 saturated heterocycles. The van der Waals surface area contributed by atoms with Gasteiger partial charge in [-0.2, -0.15) is 5.10 Å². The lowest BCUT2D eigenvalue weighted by Crippen LogP contribution is -2.50. The number of nitrogens with one attached hydrogen (secondary N) is 2. The van der Waals surface area contributed by atoms with Crippen molar-refractivity contribution in [3.8, 4) is 0 Å². The number of carbonyl (C=O) groups excluding carboxylic acids is 1. The second-order valence-corrected chi connectivity index (χ2v) is 7.35. The number of amides is 1. The van der Waals surface area contributed by atoms with Crippen LogP contribution in [0.25, 0.3) is 0 Å². The zero-order chi connectivity index (χ0) is 19.5. The van der Waals surface area contributed by atoms with Crippen LogP contribution in [-0.4, -0.2) is 41.4 Å². The predicted molar refractivity (Wildman–Crippen MR) is 107 cm³/mol. The van der Waals surface area contributed by atoms with Crippen molar-refractivity contribution in [2.75, 3.05) is 13.1 Å². The summed E-state index contributed by atoms with van der Waals surface area (Å²) >= 11 is 0. The number of nitrogens with zero attached hydrogens (tertiary/aromatic N) is 3. The largest absolute Gasteiger partial charge is 0.475 e. The van der Waals surface area contributed by atoms with Crippen LogP contribution in [0.4, 0.5) is 0 Å². The van der Waals surface area contributed by atoms with Crippen molar-refractivity contribution in [2.45, 2.75) is 39.0 Å². The van der Waals surface area contributed by atoms with Crippen LogP contribution in [0.5, 0.6) is 0 Å². The number of ether oxygens (including phenoxy) is 1. The van der Waals surface area contributed by atoms with Gasteiger partial charge in [0, 0.05) is 24.7 Å². The molecule has 148 valence electrons. The van der Waals surface area contributed by atoms with Gasteiger partial charge >= 0.3 is 0 Å². The van der Waals surface area contributed by atoms with Crippen molar-refractivity contribution in [3.63, 3.8) is 0 Å². The smallest absolute Gasteiger partial charge is 0.276 e. The molecule has 0 bridgehead atoms. The quantitative estimate of drug-likeness (QED) is 0.740. The number of fused-ring (bicyclic) bond motifs is 1. The van der Waals surface area contributed by atoms with E-state index in [-0.39, 0.29) is 12.1 Å². The van der Waals surface area contributed by atoms with E-state index in [2.05, 4.69) is 27.2 Å². The molecule has 3 aliphatic rings. The molecule has 0 aromatic heterocycles. The van der Waals surface area contributed by atoms with Crippen molar-refractivity contribution < 1.29 is 9.53 Å². The summed E-state index contributed by atoms with van der Waals surface area (Å²) in [5, 5.41) is 12.5. The van der Waals surface area contributed by atoms with Crippen molar-refractivity contribution in [2.24, 2.45) is 11.0 Å². The lowest BCUT2D eigenvalue weighted by atomic mass is 9.95. The molecule has 7 nitrogen and oxygen atoms in total. The molecule has 0 radical (unpaired) electrons. The van der Waals surface area contributed by atoms with E-state index in [0.717, 1.165) is 43.6 Å². The van der Waals surface area contributed by atoms with Gasteiger partial charge in [-0.25, -0.2) is 5.01 Å². The zero-order valence-electron chi connectivity index (χ0n) is 16.2. The third-order valence-corrected chi connectivity index (χ3v) is 5.55. The molecule has 28 heavy (non-hydrogen) atoms. The molecular weight excluding hydrogens is 354 g/mol. The number of hydrazone groups is 1. The predicted octanol–water partition coefficient (Wildman–Crippen LogP) is 2.31. The van der Waals surface area contributed by atoms with Crippen LogP contribution in [-0.2, 0) is 16.1 Å². The number of rotatable bonds is 6. The van der Waals surface area contributed by atoms with E-state index >= 15 is 0 Å². The van der Waals surface area contributed by atoms with Crippen molar-refractivity contribution in [1.29, 1.82) is 0 Å². The summed E-state index contributed by atoms with van der Waals surface area (Å²) in [5.41, 5.74) is 2.73. The van der Waals surface area contributed by atoms with Crippen LogP contribution in [0.3, 0.4) is 0 Å². The van der Waals surface area contributed by atoms with E-state index in [0.29, 0.717) is 24.1 Å². The summed E-state index contributed by atoms with van der Waals surface area (Å²) in [6, 6.07) is 10.1. The number of hydrogen-bond donors (Lipinski definition) is 2. The maximum Gasteiger partial charge on any atom is 0.276 e. The van der Waals surface area contributed by atoms with Gasteiger partial charge < -0.3 is 20.3 Å². The van der Waals surface area contributed by atoms with Gasteiger partial charge in [-0.3, -0.25) is 4.79 Å². The molecule has 1 amide bonds. The number of benzene rings is 1. The molecule has 2 N–H and O–H groups in total. The van der Waals surface area contributed by atoms with Gasteiger partial charge in [0.1, 0.15) is 24.8 Å². The molecule has 0 aliphatic carbocycles. The van der Waals surface area contributed by atoms with Gasteiger partial charge in [0.25, 0.3) is 5.91 Å². The Balaban J connectivity index is 1.40. The molecule has 1 unspecified atom stereocenters. The first-order chi connectivity index (χ1) is 13.7. The highest BCUT2D eigenvalue weighted by atomic mass is 16.5. The molecule has 0 saturated carbocycles. The fourth-order valence-corrected chi connectivity index (χ4v) is 4.09. The zero-order valence-corrected chi connectivity index (χ0v) is 16.2. The van der Waals surface area contributed by atoms with E-state index in [9.17, 15) is 4.79 Å². The maximum atomic E-state index is 12.3. The molecule has 3 heterocycles. The Morgan fingerprint density at radius 1 is 1.36 bits per heavy atom. The minimum Gasteiger partial charge on any atom is -0.475 e. The van der Waals surface area contributed by atoms with E-state index in [1.807, 2.05) is 42.3 Å². The van der Waals surface area contributed by atoms with Gasteiger partial charge in [-0.05, 0) is 31.4 Å². The minimum atomic E-state index is -0.0925. The Morgan fingerprint density at radius 2 is 2.18 bits per heavy atom. The Kier molecular flexibility index (Phi) is 5.23. The molecule has 1 aromatic rings. The summed E-state index contributed by atoms with van der Waals surface area (Å²) in [6.07, 6.45) is 4.35. The summed E-state index contributed by atoms with van der Waals surface area (Å²) in [4.78, 5) is 14.5. The highest BCUT2D eigenvalue weighted by Gasteiger charge is 2.41. The number of carbonyl (C=O) groups is 1. The average Bonchev–Trinajstić information content (AvgIpc) is 3.13. The normalized spacial score (nSPS) is 24.0. The third kappa shape index (κ3) is 3.56. The monoisotopic (exact) mass is 381 g/mol. The van der Waals surface area contributed by atoms with Crippen LogP contribution < -0.4 is 10.6 Å². The molecular formula is C21H27N5O2. The molecule has 7 heteroatoms. The molecule has 1 fully saturated rings. The van der Waals surface area contributed by atoms with Gasteiger partial charge in [-0.15, -0.1) is 0 Å². The summed E-state index contributed by atoms with van der Waals surface area (Å²) in [7, 11) is 0. The van der Waals surface area contributed by atoms with Crippen LogP contribution in [0.15, 0.2) is 59.3 Å². The number of piperidine rings is 1. The van der Waals surface area contributed by atoms with Crippen LogP contribution in [0, 0.1) is 5.92 Å². The number of likely N-dealkylation sites (tertiary alicyclic amines) is 1. The number of allylic oxidation sites excluding steroid dienone is 1. The first kappa shape index (κ1) is 18.4. The highest BCUT2D eigenvalue weighted by Crippen LogP contribution is 2.33. The first-order valence-electron chi connectivity index (χ1n) is 9.90. The molecule has 4 rings (SSSR count). The van der Waals surface area contributed by atoms with Crippen molar-refractivity contribution in [1.82, 2.24) is 20.5 Å². The Labute approximate surface area is 165 Å². The van der Waals surface area contributed by atoms with Gasteiger partial charge in [-0.1, -0.05) is 37.3 Å². The van der Waals surface area contributed by atoms with Crippen LogP contribution in [0.1, 0.15) is 31.7 Å². The van der Waals surface area contributed by atoms with E-state index in [1.165, 1.54) is 6.34 Å². The van der Waals surface area contributed by atoms with E-state index in [1.54, 1.807) is 0 Å². The summed E-state index contributed by atoms with van der Waals surface area (Å²) < 4.78 is 5.94. The fraction of sp³-hybridized carbons (Fsp3) is 0.429. The van der Waals surface area contributed by atoms with E-state index < -0.39 is 0 Å². The van der Waals surface area contributed by atoms with Gasteiger partial charge in [0.2, 0.25) is 0 Å². The fourth-order valence-electron chi connectivity index (χ4n) is 4.09. The lowest BCUT2D eigenvalue weighted by Gasteiger charge is -2.39. The molecule has 0 spiro atoms. The summed E-state index contributed by atoms with van der Waals surface area (Å²) in [6.45, 7) is 8.47. The van der Waals surface area contributed by atoms with Crippen molar-refractivity contribution >= 4 is 12.2 Å². The second kappa shape index (κ2) is 7.96. The standard InChI is InChI=1S/C21H27N5O2/c1-3-18-19-21(27)22-14-23-26(19)20(24-18)17-10-7-11-25(12-17)15(2)28-13-16-8-5-4-6-9-16/h4-6,8-9,14,17,20,24H,2-3,7,10-13H2,1H3,(H,22,23,27)/t17-,20?/m1/s1. The van der Waals surface area contributed by atoms with E-state index in [4.69, 9.17) is 4.74 Å². The molecule has 1 aromatic carbocycles. The highest BCUT2D eigenvalue weighted by molar-refractivity contribution is 6.02. The van der Waals surface area contributed by atoms with Gasteiger partial charge in [0.05, 0.1) is 0 Å². The topological polar surface area (TPSA) is 69.2 Å². The van der Waals surface area contributed by atoms with Crippen LogP contribution in [0.2, 0.25) is 0 Å². The second-order valence-electron chi connectivity index (χ2n) is 7.35. The third-order valence-electron chi connectivity index (χ3n) is 5.55. The Morgan fingerprint density at radius 3 is 2.96 bits per heavy atom. The SMILES string of the molecule is C=C(OCc1ccccc1)N1CCC[C@@H](C2NC(CC)=C3C(=O)NC=NN32)C1. The van der Waals surface area contributed by atoms with Crippen molar-refractivity contribution in [3.05, 3.63) is 59.8 Å². The molecule has 3 aliphatic heterocycles. The number of hydrogen-bond acceptors (Lipinski definition) is 6. The van der Waals surface area contributed by atoms with Gasteiger partial charge in [0.15, 0.2) is 5.88 Å². The Hall–Kier alpha value is -2.96. The molecule has 2 atom stereocenters. The summed E-state index contributed by atoms with van der Waals surface area (Å²) in [5.74, 6) is 0.924.